The Kier molecular flexibility index (Phi) is 4.26. The molecule has 0 aliphatic heterocycles. The van der Waals surface area contributed by atoms with Crippen LogP contribution >= 0.6 is 11.8 Å². The van der Waals surface area contributed by atoms with Gasteiger partial charge in [0.25, 0.3) is 0 Å². The van der Waals surface area contributed by atoms with Gasteiger partial charge in [-0.3, -0.25) is 4.68 Å². The molecule has 0 aliphatic carbocycles. The maximum atomic E-state index is 5.71. The van der Waals surface area contributed by atoms with Crippen molar-refractivity contribution >= 4 is 17.4 Å². The zero-order chi connectivity index (χ0) is 14.5. The van der Waals surface area contributed by atoms with Gasteiger partial charge in [0.15, 0.2) is 0 Å². The van der Waals surface area contributed by atoms with Crippen LogP contribution in [0.1, 0.15) is 0 Å². The zero-order valence-corrected chi connectivity index (χ0v) is 12.5. The average Bonchev–Trinajstić information content (AvgIpc) is 2.98. The minimum Gasteiger partial charge on any atom is -0.399 e. The summed E-state index contributed by atoms with van der Waals surface area (Å²) in [6.45, 7) is 0.897. The SMILES string of the molecule is Nc1ccc(-c2cnn(CCSc3ccccc3)c2)cc1. The van der Waals surface area contributed by atoms with E-state index in [1.54, 1.807) is 0 Å². The third-order valence-corrected chi connectivity index (χ3v) is 4.20. The Morgan fingerprint density at radius 1 is 0.952 bits per heavy atom. The van der Waals surface area contributed by atoms with Gasteiger partial charge in [-0.15, -0.1) is 11.8 Å². The molecular weight excluding hydrogens is 278 g/mol. The Labute approximate surface area is 128 Å². The van der Waals surface area contributed by atoms with Crippen molar-refractivity contribution in [3.63, 3.8) is 0 Å². The van der Waals surface area contributed by atoms with Crippen molar-refractivity contribution in [1.82, 2.24) is 9.78 Å². The van der Waals surface area contributed by atoms with Gasteiger partial charge in [0, 0.05) is 28.1 Å². The summed E-state index contributed by atoms with van der Waals surface area (Å²) in [5.41, 5.74) is 8.76. The summed E-state index contributed by atoms with van der Waals surface area (Å²) >= 11 is 1.84. The standard InChI is InChI=1S/C17H17N3S/c18-16-8-6-14(7-9-16)15-12-19-20(13-15)10-11-21-17-4-2-1-3-5-17/h1-9,12-13H,10-11,18H2. The summed E-state index contributed by atoms with van der Waals surface area (Å²) in [7, 11) is 0. The number of aromatic nitrogens is 2. The highest BCUT2D eigenvalue weighted by Crippen LogP contribution is 2.21. The Balaban J connectivity index is 1.59. The lowest BCUT2D eigenvalue weighted by Crippen LogP contribution is -2.00. The molecule has 0 radical (unpaired) electrons. The van der Waals surface area contributed by atoms with Crippen LogP contribution in [0.4, 0.5) is 5.69 Å². The lowest BCUT2D eigenvalue weighted by molar-refractivity contribution is 0.666. The van der Waals surface area contributed by atoms with E-state index in [1.807, 2.05) is 53.0 Å². The molecule has 0 aliphatic rings. The predicted molar refractivity (Wildman–Crippen MR) is 89.2 cm³/mol. The first-order chi connectivity index (χ1) is 10.3. The Morgan fingerprint density at radius 2 is 1.71 bits per heavy atom. The van der Waals surface area contributed by atoms with Crippen molar-refractivity contribution in [2.45, 2.75) is 11.4 Å². The second-order valence-corrected chi connectivity index (χ2v) is 5.94. The summed E-state index contributed by atoms with van der Waals surface area (Å²) in [5, 5.41) is 4.42. The van der Waals surface area contributed by atoms with E-state index >= 15 is 0 Å². The van der Waals surface area contributed by atoms with E-state index in [9.17, 15) is 0 Å². The topological polar surface area (TPSA) is 43.8 Å². The van der Waals surface area contributed by atoms with Gasteiger partial charge in [-0.2, -0.15) is 5.10 Å². The van der Waals surface area contributed by atoms with Crippen LogP contribution in [0.5, 0.6) is 0 Å². The fourth-order valence-electron chi connectivity index (χ4n) is 2.08. The monoisotopic (exact) mass is 295 g/mol. The van der Waals surface area contributed by atoms with Crippen molar-refractivity contribution < 1.29 is 0 Å². The fourth-order valence-corrected chi connectivity index (χ4v) is 2.95. The van der Waals surface area contributed by atoms with Crippen molar-refractivity contribution in [2.75, 3.05) is 11.5 Å². The molecule has 0 fully saturated rings. The zero-order valence-electron chi connectivity index (χ0n) is 11.6. The molecule has 21 heavy (non-hydrogen) atoms. The van der Waals surface area contributed by atoms with E-state index < -0.39 is 0 Å². The Morgan fingerprint density at radius 3 is 2.48 bits per heavy atom. The van der Waals surface area contributed by atoms with Crippen LogP contribution in [-0.4, -0.2) is 15.5 Å². The molecule has 0 unspecified atom stereocenters. The molecule has 1 heterocycles. The van der Waals surface area contributed by atoms with Gasteiger partial charge < -0.3 is 5.73 Å². The smallest absolute Gasteiger partial charge is 0.0568 e. The molecule has 0 amide bonds. The first kappa shape index (κ1) is 13.8. The molecule has 3 rings (SSSR count). The predicted octanol–water partition coefficient (Wildman–Crippen LogP) is 3.92. The molecule has 3 nitrogen and oxygen atoms in total. The van der Waals surface area contributed by atoms with Crippen LogP contribution in [0.25, 0.3) is 11.1 Å². The van der Waals surface area contributed by atoms with Crippen LogP contribution < -0.4 is 5.73 Å². The van der Waals surface area contributed by atoms with E-state index in [-0.39, 0.29) is 0 Å². The number of anilines is 1. The Hall–Kier alpha value is -2.20. The molecule has 0 spiro atoms. The maximum Gasteiger partial charge on any atom is 0.0568 e. The van der Waals surface area contributed by atoms with Crippen LogP contribution in [0, 0.1) is 0 Å². The highest BCUT2D eigenvalue weighted by Gasteiger charge is 2.02. The molecule has 2 aromatic carbocycles. The summed E-state index contributed by atoms with van der Waals surface area (Å²) < 4.78 is 1.99. The highest BCUT2D eigenvalue weighted by atomic mass is 32.2. The quantitative estimate of drug-likeness (QED) is 0.573. The third kappa shape index (κ3) is 3.67. The molecule has 3 aromatic rings. The summed E-state index contributed by atoms with van der Waals surface area (Å²) in [5.74, 6) is 1.01. The molecule has 106 valence electrons. The van der Waals surface area contributed by atoms with E-state index in [2.05, 4.69) is 35.6 Å². The molecular formula is C17H17N3S. The third-order valence-electron chi connectivity index (χ3n) is 3.21. The van der Waals surface area contributed by atoms with Crippen LogP contribution in [0.3, 0.4) is 0 Å². The van der Waals surface area contributed by atoms with Gasteiger partial charge in [-0.1, -0.05) is 30.3 Å². The number of hydrogen-bond acceptors (Lipinski definition) is 3. The van der Waals surface area contributed by atoms with Crippen molar-refractivity contribution in [2.24, 2.45) is 0 Å². The fraction of sp³-hybridized carbons (Fsp3) is 0.118. The lowest BCUT2D eigenvalue weighted by atomic mass is 10.1. The largest absolute Gasteiger partial charge is 0.399 e. The van der Waals surface area contributed by atoms with Gasteiger partial charge >= 0.3 is 0 Å². The second-order valence-electron chi connectivity index (χ2n) is 4.78. The average molecular weight is 295 g/mol. The van der Waals surface area contributed by atoms with E-state index in [0.29, 0.717) is 0 Å². The van der Waals surface area contributed by atoms with E-state index in [0.717, 1.165) is 29.1 Å². The number of hydrogen-bond donors (Lipinski definition) is 1. The van der Waals surface area contributed by atoms with E-state index in [1.165, 1.54) is 4.90 Å². The number of nitrogen functional groups attached to an aromatic ring is 1. The molecule has 4 heteroatoms. The van der Waals surface area contributed by atoms with Gasteiger partial charge in [0.2, 0.25) is 0 Å². The normalized spacial score (nSPS) is 10.7. The first-order valence-corrected chi connectivity index (χ1v) is 7.86. The number of nitrogens with two attached hydrogens (primary N) is 1. The van der Waals surface area contributed by atoms with E-state index in [4.69, 9.17) is 5.73 Å². The van der Waals surface area contributed by atoms with Gasteiger partial charge in [-0.25, -0.2) is 0 Å². The summed E-state index contributed by atoms with van der Waals surface area (Å²) in [6.07, 6.45) is 3.98. The number of rotatable bonds is 5. The molecule has 0 saturated heterocycles. The lowest BCUT2D eigenvalue weighted by Gasteiger charge is -2.02. The van der Waals surface area contributed by atoms with Crippen LogP contribution in [-0.2, 0) is 6.54 Å². The minimum atomic E-state index is 0.783. The van der Waals surface area contributed by atoms with Crippen molar-refractivity contribution in [3.8, 4) is 11.1 Å². The number of benzene rings is 2. The van der Waals surface area contributed by atoms with Gasteiger partial charge in [0.05, 0.1) is 12.7 Å². The summed E-state index contributed by atoms with van der Waals surface area (Å²) in [6, 6.07) is 18.3. The van der Waals surface area contributed by atoms with Crippen LogP contribution in [0.15, 0.2) is 71.9 Å². The molecule has 0 saturated carbocycles. The molecule has 0 atom stereocenters. The summed E-state index contributed by atoms with van der Waals surface area (Å²) in [4.78, 5) is 1.29. The molecule has 2 N–H and O–H groups in total. The second kappa shape index (κ2) is 6.50. The number of aryl methyl sites for hydroxylation is 1. The first-order valence-electron chi connectivity index (χ1n) is 6.87. The minimum absolute atomic E-state index is 0.783. The van der Waals surface area contributed by atoms with Crippen molar-refractivity contribution in [3.05, 3.63) is 67.0 Å². The van der Waals surface area contributed by atoms with Gasteiger partial charge in [0.1, 0.15) is 0 Å². The Bertz CT molecular complexity index is 690. The molecule has 1 aromatic heterocycles. The molecule has 0 bridgehead atoms. The van der Waals surface area contributed by atoms with Gasteiger partial charge in [-0.05, 0) is 29.8 Å². The van der Waals surface area contributed by atoms with Crippen molar-refractivity contribution in [1.29, 1.82) is 0 Å². The van der Waals surface area contributed by atoms with Crippen LogP contribution in [0.2, 0.25) is 0 Å². The highest BCUT2D eigenvalue weighted by molar-refractivity contribution is 7.99. The maximum absolute atomic E-state index is 5.71. The number of thioether (sulfide) groups is 1. The number of nitrogens with zero attached hydrogens (tertiary/aromatic N) is 2.